The second-order valence-corrected chi connectivity index (χ2v) is 5.12. The van der Waals surface area contributed by atoms with Crippen molar-refractivity contribution in [3.05, 3.63) is 59.0 Å². The first-order valence-electron chi connectivity index (χ1n) is 5.92. The molecule has 1 aromatic carbocycles. The summed E-state index contributed by atoms with van der Waals surface area (Å²) in [5.41, 5.74) is 3.88. The topological polar surface area (TPSA) is 68.3 Å². The van der Waals surface area contributed by atoms with Crippen LogP contribution in [0.1, 0.15) is 27.4 Å². The number of furan rings is 1. The molecule has 2 rings (SSSR count). The van der Waals surface area contributed by atoms with Gasteiger partial charge in [0.2, 0.25) is 0 Å². The van der Waals surface area contributed by atoms with Crippen molar-refractivity contribution >= 4 is 17.7 Å². The van der Waals surface area contributed by atoms with Crippen molar-refractivity contribution in [1.82, 2.24) is 5.43 Å². The lowest BCUT2D eigenvalue weighted by Gasteiger charge is -1.99. The van der Waals surface area contributed by atoms with Crippen molar-refractivity contribution in [3.8, 4) is 0 Å². The van der Waals surface area contributed by atoms with Crippen LogP contribution in [0.2, 0.25) is 0 Å². The molecular weight excluding hydrogens is 260 g/mol. The molecule has 0 aliphatic heterocycles. The Morgan fingerprint density at radius 1 is 1.32 bits per heavy atom. The number of carbonyl (C=O) groups excluding carboxylic acids is 1. The number of benzene rings is 1. The Bertz CT molecular complexity index is 552. The van der Waals surface area contributed by atoms with Gasteiger partial charge in [0, 0.05) is 5.75 Å². The number of amides is 1. The van der Waals surface area contributed by atoms with Gasteiger partial charge in [-0.2, -0.15) is 0 Å². The van der Waals surface area contributed by atoms with Gasteiger partial charge < -0.3 is 4.42 Å². The second-order valence-electron chi connectivity index (χ2n) is 4.13. The maximum Gasteiger partial charge on any atom is 0.268 e. The monoisotopic (exact) mass is 276 g/mol. The van der Waals surface area contributed by atoms with Crippen LogP contribution in [0.5, 0.6) is 0 Å². The number of aryl methyl sites for hydroxylation is 1. The molecule has 0 aliphatic carbocycles. The lowest BCUT2D eigenvalue weighted by molar-refractivity contribution is 0.0952. The molecule has 0 saturated heterocycles. The molecule has 0 radical (unpaired) electrons. The Labute approximate surface area is 116 Å². The van der Waals surface area contributed by atoms with E-state index in [0.29, 0.717) is 11.3 Å². The highest BCUT2D eigenvalue weighted by molar-refractivity contribution is 7.97. The summed E-state index contributed by atoms with van der Waals surface area (Å²) < 4.78 is 5.54. The number of nitrogens with one attached hydrogen (secondary N) is 1. The van der Waals surface area contributed by atoms with E-state index >= 15 is 0 Å². The highest BCUT2D eigenvalue weighted by atomic mass is 32.2. The fourth-order valence-electron chi connectivity index (χ4n) is 1.76. The molecule has 1 heterocycles. The van der Waals surface area contributed by atoms with E-state index in [0.717, 1.165) is 17.3 Å². The third-order valence-corrected chi connectivity index (χ3v) is 3.73. The molecule has 2 aromatic rings. The number of nitrogens with two attached hydrogens (primary N) is 1. The van der Waals surface area contributed by atoms with E-state index in [1.807, 2.05) is 18.2 Å². The summed E-state index contributed by atoms with van der Waals surface area (Å²) in [6.07, 6.45) is 0. The molecule has 0 unspecified atom stereocenters. The number of hydrazine groups is 1. The van der Waals surface area contributed by atoms with Crippen molar-refractivity contribution in [1.29, 1.82) is 0 Å². The molecule has 0 fully saturated rings. The van der Waals surface area contributed by atoms with E-state index < -0.39 is 0 Å². The standard InChI is InChI=1S/C14H16N2O2S/c1-10-13(14(17)16-15)7-12(18-10)9-19-8-11-5-3-2-4-6-11/h2-7H,8-9,15H2,1H3,(H,16,17). The van der Waals surface area contributed by atoms with E-state index in [4.69, 9.17) is 10.3 Å². The van der Waals surface area contributed by atoms with Gasteiger partial charge in [-0.3, -0.25) is 10.2 Å². The van der Waals surface area contributed by atoms with Crippen LogP contribution in [0, 0.1) is 6.92 Å². The summed E-state index contributed by atoms with van der Waals surface area (Å²) in [4.78, 5) is 11.4. The van der Waals surface area contributed by atoms with Gasteiger partial charge in [-0.25, -0.2) is 5.84 Å². The van der Waals surface area contributed by atoms with Crippen LogP contribution in [0.3, 0.4) is 0 Å². The highest BCUT2D eigenvalue weighted by Gasteiger charge is 2.13. The van der Waals surface area contributed by atoms with Gasteiger partial charge in [0.05, 0.1) is 11.3 Å². The predicted octanol–water partition coefficient (Wildman–Crippen LogP) is 2.62. The van der Waals surface area contributed by atoms with E-state index in [2.05, 4.69) is 17.6 Å². The lowest BCUT2D eigenvalue weighted by atomic mass is 10.2. The van der Waals surface area contributed by atoms with Gasteiger partial charge in [0.15, 0.2) is 0 Å². The van der Waals surface area contributed by atoms with Crippen molar-refractivity contribution < 1.29 is 9.21 Å². The average molecular weight is 276 g/mol. The summed E-state index contributed by atoms with van der Waals surface area (Å²) in [7, 11) is 0. The number of nitrogen functional groups attached to an aromatic ring is 1. The first kappa shape index (κ1) is 13.7. The van der Waals surface area contributed by atoms with Crippen molar-refractivity contribution in [2.75, 3.05) is 0 Å². The molecule has 0 aliphatic rings. The zero-order chi connectivity index (χ0) is 13.7. The SMILES string of the molecule is Cc1oc(CSCc2ccccc2)cc1C(=O)NN. The van der Waals surface area contributed by atoms with Crippen molar-refractivity contribution in [3.63, 3.8) is 0 Å². The molecule has 0 atom stereocenters. The summed E-state index contributed by atoms with van der Waals surface area (Å²) in [5.74, 6) is 7.82. The third-order valence-electron chi connectivity index (χ3n) is 2.70. The maximum atomic E-state index is 11.4. The molecule has 1 aromatic heterocycles. The Balaban J connectivity index is 1.92. The lowest BCUT2D eigenvalue weighted by Crippen LogP contribution is -2.30. The Kier molecular flexibility index (Phi) is 4.65. The van der Waals surface area contributed by atoms with E-state index in [9.17, 15) is 4.79 Å². The van der Waals surface area contributed by atoms with Crippen LogP contribution in [-0.4, -0.2) is 5.91 Å². The molecule has 0 saturated carbocycles. The zero-order valence-electron chi connectivity index (χ0n) is 10.7. The number of hydrogen-bond acceptors (Lipinski definition) is 4. The Morgan fingerprint density at radius 2 is 2.05 bits per heavy atom. The number of carbonyl (C=O) groups is 1. The molecule has 3 N–H and O–H groups in total. The van der Waals surface area contributed by atoms with E-state index in [-0.39, 0.29) is 5.91 Å². The first-order chi connectivity index (χ1) is 9.20. The first-order valence-corrected chi connectivity index (χ1v) is 7.08. The van der Waals surface area contributed by atoms with Crippen molar-refractivity contribution in [2.45, 2.75) is 18.4 Å². The van der Waals surface area contributed by atoms with E-state index in [1.165, 1.54) is 5.56 Å². The number of rotatable bonds is 5. The Morgan fingerprint density at radius 3 is 2.74 bits per heavy atom. The van der Waals surface area contributed by atoms with Crippen LogP contribution in [0.4, 0.5) is 0 Å². The van der Waals surface area contributed by atoms with Gasteiger partial charge in [-0.1, -0.05) is 30.3 Å². The van der Waals surface area contributed by atoms with Crippen molar-refractivity contribution in [2.24, 2.45) is 5.84 Å². The molecule has 0 bridgehead atoms. The zero-order valence-corrected chi connectivity index (χ0v) is 11.5. The fraction of sp³-hybridized carbons (Fsp3) is 0.214. The number of thioether (sulfide) groups is 1. The third kappa shape index (κ3) is 3.62. The average Bonchev–Trinajstić information content (AvgIpc) is 2.80. The second kappa shape index (κ2) is 6.45. The predicted molar refractivity (Wildman–Crippen MR) is 76.5 cm³/mol. The molecule has 100 valence electrons. The molecule has 5 heteroatoms. The fourth-order valence-corrected chi connectivity index (χ4v) is 2.64. The Hall–Kier alpha value is -1.72. The van der Waals surface area contributed by atoms with Crippen LogP contribution in [-0.2, 0) is 11.5 Å². The van der Waals surface area contributed by atoms with E-state index in [1.54, 1.807) is 24.8 Å². The van der Waals surface area contributed by atoms with Gasteiger partial charge in [0.1, 0.15) is 11.5 Å². The number of hydrogen-bond donors (Lipinski definition) is 2. The van der Waals surface area contributed by atoms with Gasteiger partial charge in [-0.05, 0) is 18.6 Å². The summed E-state index contributed by atoms with van der Waals surface area (Å²) in [5, 5.41) is 0. The molecule has 19 heavy (non-hydrogen) atoms. The molecule has 1 amide bonds. The van der Waals surface area contributed by atoms with Gasteiger partial charge in [0.25, 0.3) is 5.91 Å². The smallest absolute Gasteiger partial charge is 0.268 e. The quantitative estimate of drug-likeness (QED) is 0.500. The van der Waals surface area contributed by atoms with Crippen LogP contribution >= 0.6 is 11.8 Å². The largest absolute Gasteiger partial charge is 0.465 e. The minimum atomic E-state index is -0.319. The van der Waals surface area contributed by atoms with Gasteiger partial charge in [-0.15, -0.1) is 11.8 Å². The van der Waals surface area contributed by atoms with Crippen LogP contribution < -0.4 is 11.3 Å². The summed E-state index contributed by atoms with van der Waals surface area (Å²) in [6, 6.07) is 12.0. The molecule has 0 spiro atoms. The minimum Gasteiger partial charge on any atom is -0.465 e. The molecule has 4 nitrogen and oxygen atoms in total. The highest BCUT2D eigenvalue weighted by Crippen LogP contribution is 2.22. The minimum absolute atomic E-state index is 0.319. The van der Waals surface area contributed by atoms with Crippen LogP contribution in [0.25, 0.3) is 0 Å². The van der Waals surface area contributed by atoms with Gasteiger partial charge >= 0.3 is 0 Å². The van der Waals surface area contributed by atoms with Crippen LogP contribution in [0.15, 0.2) is 40.8 Å². The maximum absolute atomic E-state index is 11.4. The normalized spacial score (nSPS) is 10.4. The summed E-state index contributed by atoms with van der Waals surface area (Å²) in [6.45, 7) is 1.76. The molecular formula is C14H16N2O2S. The summed E-state index contributed by atoms with van der Waals surface area (Å²) >= 11 is 1.74.